The van der Waals surface area contributed by atoms with E-state index in [0.29, 0.717) is 5.75 Å². The lowest BCUT2D eigenvalue weighted by atomic mass is 10.0. The van der Waals surface area contributed by atoms with E-state index in [2.05, 4.69) is 43.4 Å². The van der Waals surface area contributed by atoms with Crippen LogP contribution in [0.5, 0.6) is 5.75 Å². The molecule has 2 nitrogen and oxygen atoms in total. The van der Waals surface area contributed by atoms with Crippen LogP contribution >= 0.6 is 0 Å². The van der Waals surface area contributed by atoms with Crippen LogP contribution in [-0.4, -0.2) is 11.7 Å². The summed E-state index contributed by atoms with van der Waals surface area (Å²) in [6.07, 6.45) is 1.97. The molecule has 0 aliphatic carbocycles. The zero-order valence-electron chi connectivity index (χ0n) is 12.3. The smallest absolute Gasteiger partial charge is 0.120 e. The van der Waals surface area contributed by atoms with Crippen molar-refractivity contribution in [3.63, 3.8) is 0 Å². The van der Waals surface area contributed by atoms with Gasteiger partial charge in [0, 0.05) is 11.6 Å². The maximum Gasteiger partial charge on any atom is 0.120 e. The number of hydrogen-bond acceptors (Lipinski definition) is 2. The maximum absolute atomic E-state index is 9.92. The highest BCUT2D eigenvalue weighted by atomic mass is 16.3. The molecule has 2 aromatic rings. The predicted molar refractivity (Wildman–Crippen MR) is 84.0 cm³/mol. The molecule has 0 saturated carbocycles. The molecule has 0 heterocycles. The summed E-state index contributed by atoms with van der Waals surface area (Å²) in [7, 11) is 0. The lowest BCUT2D eigenvalue weighted by Gasteiger charge is -2.18. The van der Waals surface area contributed by atoms with Crippen LogP contribution in [0.25, 0.3) is 0 Å². The molecule has 0 aliphatic heterocycles. The zero-order valence-corrected chi connectivity index (χ0v) is 12.3. The number of benzene rings is 2. The Bertz CT molecular complexity index is 551. The maximum atomic E-state index is 9.92. The molecule has 2 heteroatoms. The third-order valence-corrected chi connectivity index (χ3v) is 3.61. The summed E-state index contributed by atoms with van der Waals surface area (Å²) >= 11 is 0. The van der Waals surface area contributed by atoms with Gasteiger partial charge in [-0.25, -0.2) is 0 Å². The minimum Gasteiger partial charge on any atom is -0.508 e. The number of phenolic OH excluding ortho intramolecular Hbond substituents is 1. The minimum atomic E-state index is 0.209. The van der Waals surface area contributed by atoms with E-state index >= 15 is 0 Å². The molecule has 2 aromatic carbocycles. The molecular weight excluding hydrogens is 246 g/mol. The van der Waals surface area contributed by atoms with Crippen molar-refractivity contribution < 1.29 is 5.11 Å². The highest BCUT2D eigenvalue weighted by Crippen LogP contribution is 2.25. The molecule has 0 saturated heterocycles. The van der Waals surface area contributed by atoms with Crippen molar-refractivity contribution in [3.8, 4) is 5.75 Å². The predicted octanol–water partition coefficient (Wildman–Crippen LogP) is 3.98. The van der Waals surface area contributed by atoms with Gasteiger partial charge >= 0.3 is 0 Å². The average molecular weight is 269 g/mol. The second-order valence-corrected chi connectivity index (χ2v) is 5.21. The molecule has 1 unspecified atom stereocenters. The Morgan fingerprint density at radius 3 is 2.60 bits per heavy atom. The second-order valence-electron chi connectivity index (χ2n) is 5.21. The third-order valence-electron chi connectivity index (χ3n) is 3.61. The summed E-state index contributed by atoms with van der Waals surface area (Å²) in [6.45, 7) is 5.17. The summed E-state index contributed by atoms with van der Waals surface area (Å²) in [4.78, 5) is 0. The first-order chi connectivity index (χ1) is 9.70. The van der Waals surface area contributed by atoms with Gasteiger partial charge in [0.25, 0.3) is 0 Å². The molecule has 0 aliphatic rings. The summed E-state index contributed by atoms with van der Waals surface area (Å²) in [5, 5.41) is 13.5. The van der Waals surface area contributed by atoms with Crippen LogP contribution in [0.3, 0.4) is 0 Å². The Balaban J connectivity index is 1.93. The molecule has 0 fully saturated rings. The largest absolute Gasteiger partial charge is 0.508 e. The van der Waals surface area contributed by atoms with E-state index < -0.39 is 0 Å². The normalized spacial score (nSPS) is 12.3. The van der Waals surface area contributed by atoms with Crippen LogP contribution in [0.2, 0.25) is 0 Å². The first kappa shape index (κ1) is 14.6. The highest BCUT2D eigenvalue weighted by Gasteiger charge is 2.11. The standard InChI is InChI=1S/C18H23NO/c1-3-17(16-9-4-5-10-18(16)20)19-12-11-15-8-6-7-14(2)13-15/h4-10,13,17,19-20H,3,11-12H2,1-2H3. The van der Waals surface area contributed by atoms with E-state index in [0.717, 1.165) is 24.9 Å². The molecule has 20 heavy (non-hydrogen) atoms. The molecule has 2 N–H and O–H groups in total. The molecule has 0 amide bonds. The van der Waals surface area contributed by atoms with Crippen molar-refractivity contribution in [2.75, 3.05) is 6.54 Å². The van der Waals surface area contributed by atoms with E-state index in [4.69, 9.17) is 0 Å². The van der Waals surface area contributed by atoms with Gasteiger partial charge in [-0.2, -0.15) is 0 Å². The van der Waals surface area contributed by atoms with E-state index in [1.54, 1.807) is 6.07 Å². The van der Waals surface area contributed by atoms with Crippen LogP contribution in [0.4, 0.5) is 0 Å². The van der Waals surface area contributed by atoms with Crippen molar-refractivity contribution in [3.05, 3.63) is 65.2 Å². The number of rotatable bonds is 6. The third kappa shape index (κ3) is 3.84. The Morgan fingerprint density at radius 2 is 1.90 bits per heavy atom. The van der Waals surface area contributed by atoms with Gasteiger partial charge in [-0.3, -0.25) is 0 Å². The Kier molecular flexibility index (Phi) is 5.19. The van der Waals surface area contributed by atoms with Crippen molar-refractivity contribution in [2.24, 2.45) is 0 Å². The van der Waals surface area contributed by atoms with Gasteiger partial charge in [0.15, 0.2) is 0 Å². The first-order valence-corrected chi connectivity index (χ1v) is 7.27. The Morgan fingerprint density at radius 1 is 1.10 bits per heavy atom. The number of phenols is 1. The molecule has 0 aromatic heterocycles. The van der Waals surface area contributed by atoms with Gasteiger partial charge in [-0.05, 0) is 37.9 Å². The molecule has 0 spiro atoms. The Labute approximate surface area is 121 Å². The van der Waals surface area contributed by atoms with Crippen LogP contribution < -0.4 is 5.32 Å². The van der Waals surface area contributed by atoms with Crippen molar-refractivity contribution in [2.45, 2.75) is 32.7 Å². The first-order valence-electron chi connectivity index (χ1n) is 7.27. The fraction of sp³-hybridized carbons (Fsp3) is 0.333. The molecule has 0 bridgehead atoms. The number of hydrogen-bond donors (Lipinski definition) is 2. The Hall–Kier alpha value is -1.80. The topological polar surface area (TPSA) is 32.3 Å². The van der Waals surface area contributed by atoms with Crippen LogP contribution in [0.15, 0.2) is 48.5 Å². The summed E-state index contributed by atoms with van der Waals surface area (Å²) in [5.74, 6) is 0.377. The van der Waals surface area contributed by atoms with Crippen molar-refractivity contribution in [1.82, 2.24) is 5.32 Å². The minimum absolute atomic E-state index is 0.209. The highest BCUT2D eigenvalue weighted by molar-refractivity contribution is 5.34. The number of nitrogens with one attached hydrogen (secondary N) is 1. The van der Waals surface area contributed by atoms with E-state index in [-0.39, 0.29) is 6.04 Å². The van der Waals surface area contributed by atoms with E-state index in [9.17, 15) is 5.11 Å². The quantitative estimate of drug-likeness (QED) is 0.831. The van der Waals surface area contributed by atoms with Crippen LogP contribution in [0, 0.1) is 6.92 Å². The molecule has 1 atom stereocenters. The van der Waals surface area contributed by atoms with Crippen molar-refractivity contribution in [1.29, 1.82) is 0 Å². The molecule has 106 valence electrons. The summed E-state index contributed by atoms with van der Waals surface area (Å²) < 4.78 is 0. The van der Waals surface area contributed by atoms with E-state index in [1.807, 2.05) is 18.2 Å². The average Bonchev–Trinajstić information content (AvgIpc) is 2.45. The zero-order chi connectivity index (χ0) is 14.4. The van der Waals surface area contributed by atoms with E-state index in [1.165, 1.54) is 11.1 Å². The molecule has 0 radical (unpaired) electrons. The monoisotopic (exact) mass is 269 g/mol. The van der Waals surface area contributed by atoms with Gasteiger partial charge in [-0.1, -0.05) is 55.0 Å². The lowest BCUT2D eigenvalue weighted by Crippen LogP contribution is -2.23. The summed E-state index contributed by atoms with van der Waals surface area (Å²) in [6, 6.07) is 16.4. The van der Waals surface area contributed by atoms with Crippen LogP contribution in [0.1, 0.15) is 36.1 Å². The fourth-order valence-electron chi connectivity index (χ4n) is 2.51. The van der Waals surface area contributed by atoms with Crippen LogP contribution in [-0.2, 0) is 6.42 Å². The molecule has 2 rings (SSSR count). The molecular formula is C18H23NO. The van der Waals surface area contributed by atoms with Gasteiger partial charge in [-0.15, -0.1) is 0 Å². The second kappa shape index (κ2) is 7.11. The van der Waals surface area contributed by atoms with Gasteiger partial charge in [0.2, 0.25) is 0 Å². The van der Waals surface area contributed by atoms with Gasteiger partial charge in [0.1, 0.15) is 5.75 Å². The summed E-state index contributed by atoms with van der Waals surface area (Å²) in [5.41, 5.74) is 3.64. The van der Waals surface area contributed by atoms with Gasteiger partial charge in [0.05, 0.1) is 0 Å². The number of aryl methyl sites for hydroxylation is 1. The fourth-order valence-corrected chi connectivity index (χ4v) is 2.51. The van der Waals surface area contributed by atoms with Gasteiger partial charge < -0.3 is 10.4 Å². The number of para-hydroxylation sites is 1. The lowest BCUT2D eigenvalue weighted by molar-refractivity contribution is 0.442. The number of aromatic hydroxyl groups is 1. The van der Waals surface area contributed by atoms with Crippen molar-refractivity contribution >= 4 is 0 Å². The SMILES string of the molecule is CCC(NCCc1cccc(C)c1)c1ccccc1O.